The molecule has 0 unspecified atom stereocenters. The maximum atomic E-state index is 5.46. The monoisotopic (exact) mass is 196 g/mol. The Balaban J connectivity index is 2.22. The van der Waals surface area contributed by atoms with Crippen LogP contribution in [0.5, 0.6) is 0 Å². The molecule has 78 valence electrons. The van der Waals surface area contributed by atoms with Crippen LogP contribution in [-0.2, 0) is 14.2 Å². The van der Waals surface area contributed by atoms with Gasteiger partial charge in [-0.1, -0.05) is 20.8 Å². The Morgan fingerprint density at radius 2 is 1.50 bits per heavy atom. The lowest BCUT2D eigenvalue weighted by Crippen LogP contribution is -2.63. The number of terminal acetylenes is 1. The van der Waals surface area contributed by atoms with E-state index in [0.29, 0.717) is 19.8 Å². The first-order valence-corrected chi connectivity index (χ1v) is 4.83. The third kappa shape index (κ3) is 1.18. The molecule has 3 rings (SSSR count). The van der Waals surface area contributed by atoms with Crippen LogP contribution in [0.3, 0.4) is 0 Å². The first-order valence-electron chi connectivity index (χ1n) is 4.83. The predicted octanol–water partition coefficient (Wildman–Crippen LogP) is 1.38. The highest BCUT2D eigenvalue weighted by atomic mass is 16.9. The average Bonchev–Trinajstić information content (AvgIpc) is 2.19. The van der Waals surface area contributed by atoms with Crippen LogP contribution < -0.4 is 0 Å². The van der Waals surface area contributed by atoms with Gasteiger partial charge in [-0.25, -0.2) is 0 Å². The van der Waals surface area contributed by atoms with E-state index in [1.807, 2.05) is 0 Å². The number of rotatable bonds is 0. The van der Waals surface area contributed by atoms with Gasteiger partial charge in [-0.15, -0.1) is 6.42 Å². The summed E-state index contributed by atoms with van der Waals surface area (Å²) in [5.74, 6) is 1.21. The summed E-state index contributed by atoms with van der Waals surface area (Å²) < 4.78 is 16.4. The van der Waals surface area contributed by atoms with Crippen LogP contribution >= 0.6 is 0 Å². The van der Waals surface area contributed by atoms with Crippen molar-refractivity contribution in [1.29, 1.82) is 0 Å². The van der Waals surface area contributed by atoms with Crippen LogP contribution in [0, 0.1) is 23.2 Å². The SMILES string of the molecule is C#CC12OCC(C(C)(C)C)(CO1)CO2. The van der Waals surface area contributed by atoms with Crippen LogP contribution in [0.2, 0.25) is 0 Å². The molecule has 0 N–H and O–H groups in total. The Hall–Kier alpha value is -0.560. The van der Waals surface area contributed by atoms with Gasteiger partial charge in [0.25, 0.3) is 0 Å². The molecule has 3 saturated heterocycles. The largest absolute Gasteiger partial charge is 0.353 e. The van der Waals surface area contributed by atoms with Crippen molar-refractivity contribution in [3.63, 3.8) is 0 Å². The maximum Gasteiger partial charge on any atom is 0.353 e. The number of ether oxygens (including phenoxy) is 3. The molecule has 3 aliphatic heterocycles. The summed E-state index contributed by atoms with van der Waals surface area (Å²) in [5.41, 5.74) is 0.0276. The predicted molar refractivity (Wildman–Crippen MR) is 51.3 cm³/mol. The van der Waals surface area contributed by atoms with E-state index in [-0.39, 0.29) is 10.8 Å². The van der Waals surface area contributed by atoms with Crippen molar-refractivity contribution in [2.45, 2.75) is 26.7 Å². The molecular weight excluding hydrogens is 180 g/mol. The maximum absolute atomic E-state index is 5.46. The lowest BCUT2D eigenvalue weighted by Gasteiger charge is -2.55. The molecule has 0 aliphatic carbocycles. The van der Waals surface area contributed by atoms with Gasteiger partial charge in [-0.3, -0.25) is 0 Å². The lowest BCUT2D eigenvalue weighted by atomic mass is 9.67. The van der Waals surface area contributed by atoms with Crippen molar-refractivity contribution >= 4 is 0 Å². The van der Waals surface area contributed by atoms with Gasteiger partial charge in [0.1, 0.15) is 0 Å². The molecule has 3 heteroatoms. The molecule has 0 saturated carbocycles. The van der Waals surface area contributed by atoms with E-state index in [1.54, 1.807) is 0 Å². The van der Waals surface area contributed by atoms with E-state index in [2.05, 4.69) is 26.7 Å². The third-order valence-corrected chi connectivity index (χ3v) is 3.38. The van der Waals surface area contributed by atoms with Gasteiger partial charge in [-0.05, 0) is 11.3 Å². The van der Waals surface area contributed by atoms with Crippen molar-refractivity contribution < 1.29 is 14.2 Å². The minimum atomic E-state index is -1.20. The first-order chi connectivity index (χ1) is 6.43. The van der Waals surface area contributed by atoms with Gasteiger partial charge < -0.3 is 14.2 Å². The van der Waals surface area contributed by atoms with E-state index in [9.17, 15) is 0 Å². The van der Waals surface area contributed by atoms with Gasteiger partial charge in [0.05, 0.1) is 19.8 Å². The Bertz CT molecular complexity index is 257. The molecular formula is C11H16O3. The van der Waals surface area contributed by atoms with Crippen LogP contribution in [0.15, 0.2) is 0 Å². The van der Waals surface area contributed by atoms with Gasteiger partial charge in [-0.2, -0.15) is 0 Å². The smallest absolute Gasteiger partial charge is 0.316 e. The molecule has 0 aromatic carbocycles. The highest BCUT2D eigenvalue weighted by Crippen LogP contribution is 2.48. The standard InChI is InChI=1S/C11H16O3/c1-5-11-12-6-10(7-13-11,8-14-11)9(2,3)4/h1H,6-8H2,2-4H3. The van der Waals surface area contributed by atoms with Crippen LogP contribution in [0.1, 0.15) is 20.8 Å². The second kappa shape index (κ2) is 2.73. The van der Waals surface area contributed by atoms with Crippen molar-refractivity contribution in [1.82, 2.24) is 0 Å². The second-order valence-corrected chi connectivity index (χ2v) is 5.10. The van der Waals surface area contributed by atoms with Gasteiger partial charge in [0.15, 0.2) is 0 Å². The molecule has 3 nitrogen and oxygen atoms in total. The Morgan fingerprint density at radius 1 is 1.07 bits per heavy atom. The van der Waals surface area contributed by atoms with E-state index < -0.39 is 5.97 Å². The first kappa shape index (κ1) is 9.97. The Kier molecular flexibility index (Phi) is 1.94. The van der Waals surface area contributed by atoms with Crippen molar-refractivity contribution in [3.05, 3.63) is 0 Å². The highest BCUT2D eigenvalue weighted by molar-refractivity contribution is 5.05. The quantitative estimate of drug-likeness (QED) is 0.548. The fourth-order valence-corrected chi connectivity index (χ4v) is 1.72. The summed E-state index contributed by atoms with van der Waals surface area (Å²) in [6, 6.07) is 0. The Labute approximate surface area is 84.7 Å². The molecule has 3 heterocycles. The summed E-state index contributed by atoms with van der Waals surface area (Å²) in [6.45, 7) is 8.33. The molecule has 3 aliphatic rings. The molecule has 0 atom stereocenters. The number of fused-ring (bicyclic) bond motifs is 3. The zero-order valence-corrected chi connectivity index (χ0v) is 8.92. The normalized spacial score (nSPS) is 42.1. The average molecular weight is 196 g/mol. The van der Waals surface area contributed by atoms with Gasteiger partial charge >= 0.3 is 5.97 Å². The molecule has 0 aromatic rings. The highest BCUT2D eigenvalue weighted by Gasteiger charge is 2.56. The summed E-state index contributed by atoms with van der Waals surface area (Å²) in [6.07, 6.45) is 5.30. The van der Waals surface area contributed by atoms with Crippen molar-refractivity contribution in [2.75, 3.05) is 19.8 Å². The number of hydrogen-bond acceptors (Lipinski definition) is 3. The molecule has 0 spiro atoms. The summed E-state index contributed by atoms with van der Waals surface area (Å²) in [7, 11) is 0. The van der Waals surface area contributed by atoms with E-state index in [1.165, 1.54) is 0 Å². The molecule has 0 amide bonds. The zero-order valence-electron chi connectivity index (χ0n) is 8.92. The van der Waals surface area contributed by atoms with Crippen molar-refractivity contribution in [2.24, 2.45) is 10.8 Å². The fraction of sp³-hybridized carbons (Fsp3) is 0.818. The molecule has 14 heavy (non-hydrogen) atoms. The van der Waals surface area contributed by atoms with Crippen LogP contribution in [-0.4, -0.2) is 25.8 Å². The van der Waals surface area contributed by atoms with E-state index in [0.717, 1.165) is 0 Å². The minimum Gasteiger partial charge on any atom is -0.316 e. The summed E-state index contributed by atoms with van der Waals surface area (Å²) in [5, 5.41) is 0. The zero-order chi connectivity index (χ0) is 10.4. The molecule has 0 aromatic heterocycles. The molecule has 3 fully saturated rings. The van der Waals surface area contributed by atoms with Gasteiger partial charge in [0, 0.05) is 5.41 Å². The topological polar surface area (TPSA) is 27.7 Å². The minimum absolute atomic E-state index is 0.0639. The third-order valence-electron chi connectivity index (χ3n) is 3.38. The molecule has 2 bridgehead atoms. The molecule has 0 radical (unpaired) electrons. The van der Waals surface area contributed by atoms with Crippen molar-refractivity contribution in [3.8, 4) is 12.3 Å². The summed E-state index contributed by atoms with van der Waals surface area (Å²) >= 11 is 0. The van der Waals surface area contributed by atoms with Crippen LogP contribution in [0.25, 0.3) is 0 Å². The van der Waals surface area contributed by atoms with Gasteiger partial charge in [0.2, 0.25) is 0 Å². The van der Waals surface area contributed by atoms with E-state index >= 15 is 0 Å². The Morgan fingerprint density at radius 3 is 1.79 bits per heavy atom. The van der Waals surface area contributed by atoms with E-state index in [4.69, 9.17) is 20.6 Å². The van der Waals surface area contributed by atoms with Crippen LogP contribution in [0.4, 0.5) is 0 Å². The lowest BCUT2D eigenvalue weighted by molar-refractivity contribution is -0.450. The second-order valence-electron chi connectivity index (χ2n) is 5.10. The number of hydrogen-bond donors (Lipinski definition) is 0. The fourth-order valence-electron chi connectivity index (χ4n) is 1.72. The summed E-state index contributed by atoms with van der Waals surface area (Å²) in [4.78, 5) is 0.